The van der Waals surface area contributed by atoms with Crippen molar-refractivity contribution in [3.63, 3.8) is 0 Å². The van der Waals surface area contributed by atoms with Gasteiger partial charge >= 0.3 is 0 Å². The summed E-state index contributed by atoms with van der Waals surface area (Å²) in [5.41, 5.74) is 2.73. The van der Waals surface area contributed by atoms with Crippen LogP contribution in [0, 0.1) is 5.41 Å². The number of H-pyrrole nitrogens is 2. The van der Waals surface area contributed by atoms with E-state index in [2.05, 4.69) is 20.2 Å². The Bertz CT molecular complexity index is 950. The molecule has 3 N–H and O–H groups in total. The van der Waals surface area contributed by atoms with E-state index in [9.17, 15) is 4.79 Å². The van der Waals surface area contributed by atoms with Crippen LogP contribution in [0.15, 0.2) is 41.6 Å². The molecule has 6 heteroatoms. The Morgan fingerprint density at radius 1 is 1.29 bits per heavy atom. The Kier molecular flexibility index (Phi) is 2.38. The standard InChI is InChI=1S/C15H11N5O/c16-14-9(4-5-12-13(14)15(21)18-7-17-12)8-2-1-3-11-10(8)6-19-20-11/h1-7,9,16H,(H,19,20)(H,17,18,21). The van der Waals surface area contributed by atoms with Crippen LogP contribution in [0.1, 0.15) is 22.7 Å². The minimum absolute atomic E-state index is 0.260. The van der Waals surface area contributed by atoms with Crippen LogP contribution in [0.3, 0.4) is 0 Å². The number of allylic oxidation sites excluding steroid dienone is 1. The maximum Gasteiger partial charge on any atom is 0.260 e. The first kappa shape index (κ1) is 11.8. The summed E-state index contributed by atoms with van der Waals surface area (Å²) in [4.78, 5) is 18.6. The summed E-state index contributed by atoms with van der Waals surface area (Å²) < 4.78 is 0. The van der Waals surface area contributed by atoms with Gasteiger partial charge in [0.2, 0.25) is 0 Å². The quantitative estimate of drug-likeness (QED) is 0.632. The summed E-state index contributed by atoms with van der Waals surface area (Å²) in [5, 5.41) is 16.3. The van der Waals surface area contributed by atoms with Crippen molar-refractivity contribution < 1.29 is 0 Å². The summed E-state index contributed by atoms with van der Waals surface area (Å²) in [7, 11) is 0. The molecule has 1 atom stereocenters. The van der Waals surface area contributed by atoms with Gasteiger partial charge in [-0.1, -0.05) is 18.2 Å². The average molecular weight is 277 g/mol. The van der Waals surface area contributed by atoms with E-state index in [0.29, 0.717) is 11.3 Å². The maximum absolute atomic E-state index is 12.0. The molecule has 3 aromatic rings. The van der Waals surface area contributed by atoms with E-state index < -0.39 is 0 Å². The topological polar surface area (TPSA) is 98.3 Å². The second-order valence-corrected chi connectivity index (χ2v) is 4.92. The fraction of sp³-hybridized carbons (Fsp3) is 0.0667. The van der Waals surface area contributed by atoms with Crippen LogP contribution in [-0.2, 0) is 0 Å². The molecule has 0 amide bonds. The molecule has 0 saturated heterocycles. The van der Waals surface area contributed by atoms with Gasteiger partial charge in [-0.25, -0.2) is 4.98 Å². The van der Waals surface area contributed by atoms with Crippen molar-refractivity contribution in [2.45, 2.75) is 5.92 Å². The van der Waals surface area contributed by atoms with Crippen LogP contribution in [0.4, 0.5) is 0 Å². The number of hydrogen-bond donors (Lipinski definition) is 3. The van der Waals surface area contributed by atoms with Crippen LogP contribution in [0.25, 0.3) is 17.0 Å². The van der Waals surface area contributed by atoms with E-state index in [0.717, 1.165) is 16.5 Å². The maximum atomic E-state index is 12.0. The van der Waals surface area contributed by atoms with Gasteiger partial charge < -0.3 is 10.4 Å². The normalized spacial score (nSPS) is 17.1. The molecule has 0 fully saturated rings. The molecule has 2 heterocycles. The van der Waals surface area contributed by atoms with Gasteiger partial charge in [0, 0.05) is 11.3 Å². The van der Waals surface area contributed by atoms with Crippen LogP contribution in [0.5, 0.6) is 0 Å². The number of nitrogens with zero attached hydrogens (tertiary/aromatic N) is 2. The number of hydrogen-bond acceptors (Lipinski definition) is 4. The Morgan fingerprint density at radius 2 is 2.19 bits per heavy atom. The fourth-order valence-corrected chi connectivity index (χ4v) is 2.76. The zero-order chi connectivity index (χ0) is 14.4. The average Bonchev–Trinajstić information content (AvgIpc) is 2.96. The third-order valence-electron chi connectivity index (χ3n) is 3.76. The molecule has 0 bridgehead atoms. The van der Waals surface area contributed by atoms with E-state index in [1.54, 1.807) is 12.3 Å². The highest BCUT2D eigenvalue weighted by molar-refractivity contribution is 6.09. The van der Waals surface area contributed by atoms with Gasteiger partial charge in [0.15, 0.2) is 0 Å². The largest absolute Gasteiger partial charge is 0.313 e. The molecule has 1 aliphatic rings. The van der Waals surface area contributed by atoms with Gasteiger partial charge in [0.1, 0.15) is 0 Å². The van der Waals surface area contributed by atoms with Crippen molar-refractivity contribution in [1.29, 1.82) is 5.41 Å². The third kappa shape index (κ3) is 1.66. The Morgan fingerprint density at radius 3 is 3.10 bits per heavy atom. The number of nitrogens with one attached hydrogen (secondary N) is 3. The summed E-state index contributed by atoms with van der Waals surface area (Å²) in [6.07, 6.45) is 6.80. The minimum Gasteiger partial charge on any atom is -0.313 e. The lowest BCUT2D eigenvalue weighted by atomic mass is 9.84. The molecule has 4 rings (SSSR count). The Hall–Kier alpha value is -3.02. The monoisotopic (exact) mass is 277 g/mol. The van der Waals surface area contributed by atoms with Gasteiger partial charge in [-0.2, -0.15) is 5.10 Å². The lowest BCUT2D eigenvalue weighted by Crippen LogP contribution is -2.26. The number of aromatic amines is 2. The summed E-state index contributed by atoms with van der Waals surface area (Å²) in [6.45, 7) is 0. The first-order chi connectivity index (χ1) is 10.3. The molecule has 1 aromatic carbocycles. The highest BCUT2D eigenvalue weighted by Gasteiger charge is 2.26. The van der Waals surface area contributed by atoms with E-state index in [1.165, 1.54) is 6.33 Å². The van der Waals surface area contributed by atoms with Crippen molar-refractivity contribution in [2.75, 3.05) is 0 Å². The van der Waals surface area contributed by atoms with E-state index in [4.69, 9.17) is 5.41 Å². The lowest BCUT2D eigenvalue weighted by Gasteiger charge is -2.20. The molecular formula is C15H11N5O. The van der Waals surface area contributed by atoms with Crippen LogP contribution in [-0.4, -0.2) is 25.9 Å². The van der Waals surface area contributed by atoms with Crippen molar-refractivity contribution in [3.8, 4) is 0 Å². The smallest absolute Gasteiger partial charge is 0.260 e. The third-order valence-corrected chi connectivity index (χ3v) is 3.76. The summed E-state index contributed by atoms with van der Waals surface area (Å²) >= 11 is 0. The lowest BCUT2D eigenvalue weighted by molar-refractivity contribution is 1.04. The van der Waals surface area contributed by atoms with E-state index in [-0.39, 0.29) is 17.2 Å². The molecule has 1 unspecified atom stereocenters. The van der Waals surface area contributed by atoms with Gasteiger partial charge in [-0.3, -0.25) is 9.89 Å². The zero-order valence-corrected chi connectivity index (χ0v) is 10.9. The fourth-order valence-electron chi connectivity index (χ4n) is 2.76. The summed E-state index contributed by atoms with van der Waals surface area (Å²) in [5.74, 6) is -0.274. The highest BCUT2D eigenvalue weighted by atomic mass is 16.1. The van der Waals surface area contributed by atoms with Crippen LogP contribution < -0.4 is 5.56 Å². The molecule has 0 radical (unpaired) electrons. The molecule has 21 heavy (non-hydrogen) atoms. The number of aromatic nitrogens is 4. The minimum atomic E-state index is -0.279. The highest BCUT2D eigenvalue weighted by Crippen LogP contribution is 2.31. The van der Waals surface area contributed by atoms with Crippen LogP contribution >= 0.6 is 0 Å². The molecule has 2 aromatic heterocycles. The van der Waals surface area contributed by atoms with E-state index in [1.807, 2.05) is 24.3 Å². The van der Waals surface area contributed by atoms with Crippen molar-refractivity contribution >= 4 is 22.7 Å². The zero-order valence-electron chi connectivity index (χ0n) is 10.9. The molecule has 0 aliphatic heterocycles. The predicted molar refractivity (Wildman–Crippen MR) is 79.6 cm³/mol. The van der Waals surface area contributed by atoms with E-state index >= 15 is 0 Å². The van der Waals surface area contributed by atoms with Crippen molar-refractivity contribution in [2.24, 2.45) is 0 Å². The number of fused-ring (bicyclic) bond motifs is 2. The Balaban J connectivity index is 1.93. The van der Waals surface area contributed by atoms with Gasteiger partial charge in [-0.05, 0) is 17.7 Å². The molecular weight excluding hydrogens is 266 g/mol. The number of rotatable bonds is 1. The predicted octanol–water partition coefficient (Wildman–Crippen LogP) is 1.82. The van der Waals surface area contributed by atoms with Crippen molar-refractivity contribution in [1.82, 2.24) is 20.2 Å². The second-order valence-electron chi connectivity index (χ2n) is 4.92. The molecule has 0 saturated carbocycles. The molecule has 1 aliphatic carbocycles. The number of benzene rings is 1. The van der Waals surface area contributed by atoms with Gasteiger partial charge in [0.25, 0.3) is 5.56 Å². The summed E-state index contributed by atoms with van der Waals surface area (Å²) in [6, 6.07) is 5.81. The molecule has 102 valence electrons. The van der Waals surface area contributed by atoms with Crippen LogP contribution in [0.2, 0.25) is 0 Å². The second kappa shape index (κ2) is 4.24. The van der Waals surface area contributed by atoms with Gasteiger partial charge in [0.05, 0.1) is 35.0 Å². The molecule has 6 nitrogen and oxygen atoms in total. The van der Waals surface area contributed by atoms with Crippen molar-refractivity contribution in [3.05, 3.63) is 64.0 Å². The first-order valence-corrected chi connectivity index (χ1v) is 6.52. The Labute approximate surface area is 119 Å². The molecule has 0 spiro atoms. The SMILES string of the molecule is N=C1c2c(nc[nH]c2=O)C=CC1c1cccc2[nH]ncc12. The van der Waals surface area contributed by atoms with Gasteiger partial charge in [-0.15, -0.1) is 0 Å². The first-order valence-electron chi connectivity index (χ1n) is 6.52.